The number of ether oxygens (including phenoxy) is 1. The molecule has 0 heterocycles. The lowest BCUT2D eigenvalue weighted by molar-refractivity contribution is -0.275. The zero-order valence-electron chi connectivity index (χ0n) is 12.7. The lowest BCUT2D eigenvalue weighted by Gasteiger charge is -2.26. The maximum Gasteiger partial charge on any atom is 0.573 e. The van der Waals surface area contributed by atoms with Gasteiger partial charge in [-0.25, -0.2) is 17.5 Å². The van der Waals surface area contributed by atoms with Crippen LogP contribution in [-0.4, -0.2) is 31.9 Å². The van der Waals surface area contributed by atoms with Gasteiger partial charge in [0.05, 0.1) is 5.92 Å². The Labute approximate surface area is 140 Å². The van der Waals surface area contributed by atoms with Gasteiger partial charge in [0.2, 0.25) is 10.0 Å². The van der Waals surface area contributed by atoms with Gasteiger partial charge in [-0.15, -0.1) is 13.2 Å². The van der Waals surface area contributed by atoms with Gasteiger partial charge in [0.25, 0.3) is 0 Å². The van der Waals surface area contributed by atoms with Crippen molar-refractivity contribution in [3.05, 3.63) is 24.0 Å². The molecular formula is C14H15F4NO5S. The number of sulfonamides is 1. The number of alkyl halides is 3. The normalized spacial score (nSPS) is 21.8. The molecule has 0 amide bonds. The molecule has 25 heavy (non-hydrogen) atoms. The summed E-state index contributed by atoms with van der Waals surface area (Å²) in [4.78, 5) is 9.91. The summed E-state index contributed by atoms with van der Waals surface area (Å²) in [5, 5.41) is 8.90. The summed E-state index contributed by atoms with van der Waals surface area (Å²) < 4.78 is 80.9. The highest BCUT2D eigenvalue weighted by atomic mass is 32.2. The fraction of sp³-hybridized carbons (Fsp3) is 0.500. The van der Waals surface area contributed by atoms with Crippen molar-refractivity contribution < 1.29 is 40.6 Å². The van der Waals surface area contributed by atoms with Crippen LogP contribution in [0.5, 0.6) is 5.75 Å². The first-order valence-corrected chi connectivity index (χ1v) is 8.77. The van der Waals surface area contributed by atoms with E-state index in [4.69, 9.17) is 5.11 Å². The van der Waals surface area contributed by atoms with Gasteiger partial charge >= 0.3 is 12.3 Å². The molecule has 0 atom stereocenters. The standard InChI is InChI=1S/C14H15F4NO5S/c15-12-10(24-14(16,17)18)2-1-3-11(12)25(22,23)19-9-6-4-8(5-7-9)13(20)21/h1-3,8-9,19H,4-7H2,(H,20,21). The van der Waals surface area contributed by atoms with Gasteiger partial charge in [-0.05, 0) is 37.8 Å². The summed E-state index contributed by atoms with van der Waals surface area (Å²) in [6, 6.07) is 1.80. The molecule has 1 aromatic carbocycles. The summed E-state index contributed by atoms with van der Waals surface area (Å²) in [6.07, 6.45) is -4.19. The Kier molecular flexibility index (Phi) is 5.57. The number of halogens is 4. The van der Waals surface area contributed by atoms with E-state index in [1.807, 2.05) is 0 Å². The highest BCUT2D eigenvalue weighted by molar-refractivity contribution is 7.89. The molecule has 140 valence electrons. The number of nitrogens with one attached hydrogen (secondary N) is 1. The van der Waals surface area contributed by atoms with Gasteiger partial charge in [-0.3, -0.25) is 4.79 Å². The molecule has 6 nitrogen and oxygen atoms in total. The number of carbonyl (C=O) groups is 1. The second-order valence-electron chi connectivity index (χ2n) is 5.62. The first-order chi connectivity index (χ1) is 11.5. The molecule has 0 aliphatic heterocycles. The van der Waals surface area contributed by atoms with Crippen LogP contribution in [0, 0.1) is 11.7 Å². The number of benzene rings is 1. The van der Waals surface area contributed by atoms with Gasteiger partial charge in [0, 0.05) is 6.04 Å². The van der Waals surface area contributed by atoms with Crippen LogP contribution >= 0.6 is 0 Å². The predicted octanol–water partition coefficient (Wildman–Crippen LogP) is 2.65. The first-order valence-electron chi connectivity index (χ1n) is 7.29. The summed E-state index contributed by atoms with van der Waals surface area (Å²) >= 11 is 0. The van der Waals surface area contributed by atoms with E-state index in [2.05, 4.69) is 9.46 Å². The first kappa shape index (κ1) is 19.4. The van der Waals surface area contributed by atoms with E-state index in [-0.39, 0.29) is 25.7 Å². The van der Waals surface area contributed by atoms with E-state index in [9.17, 15) is 30.8 Å². The Hall–Kier alpha value is -1.88. The second-order valence-corrected chi connectivity index (χ2v) is 7.31. The molecule has 2 N–H and O–H groups in total. The number of carboxylic acid groups (broad SMARTS) is 1. The Morgan fingerprint density at radius 1 is 1.20 bits per heavy atom. The molecule has 1 aromatic rings. The van der Waals surface area contributed by atoms with Crippen molar-refractivity contribution in [3.63, 3.8) is 0 Å². The third-order valence-corrected chi connectivity index (χ3v) is 5.38. The molecule has 1 aliphatic carbocycles. The van der Waals surface area contributed by atoms with Crippen molar-refractivity contribution in [1.29, 1.82) is 0 Å². The van der Waals surface area contributed by atoms with E-state index >= 15 is 0 Å². The van der Waals surface area contributed by atoms with Gasteiger partial charge < -0.3 is 9.84 Å². The molecule has 0 unspecified atom stereocenters. The summed E-state index contributed by atoms with van der Waals surface area (Å²) in [5.74, 6) is -4.43. The molecule has 1 aliphatic rings. The molecule has 0 spiro atoms. The zero-order chi connectivity index (χ0) is 18.8. The number of hydrogen-bond donors (Lipinski definition) is 2. The molecular weight excluding hydrogens is 370 g/mol. The molecule has 0 bridgehead atoms. The molecule has 1 fully saturated rings. The number of aliphatic carboxylic acids is 1. The van der Waals surface area contributed by atoms with Crippen LogP contribution in [0.4, 0.5) is 17.6 Å². The van der Waals surface area contributed by atoms with Gasteiger partial charge in [0.1, 0.15) is 4.90 Å². The maximum absolute atomic E-state index is 14.1. The van der Waals surface area contributed by atoms with Crippen molar-refractivity contribution in [1.82, 2.24) is 4.72 Å². The number of rotatable bonds is 5. The zero-order valence-corrected chi connectivity index (χ0v) is 13.5. The molecule has 0 radical (unpaired) electrons. The Balaban J connectivity index is 2.15. The Morgan fingerprint density at radius 3 is 2.32 bits per heavy atom. The van der Waals surface area contributed by atoms with Crippen molar-refractivity contribution in [3.8, 4) is 5.75 Å². The smallest absolute Gasteiger partial charge is 0.481 e. The van der Waals surface area contributed by atoms with E-state index in [1.54, 1.807) is 0 Å². The van der Waals surface area contributed by atoms with Gasteiger partial charge in [0.15, 0.2) is 11.6 Å². The monoisotopic (exact) mass is 385 g/mol. The lowest BCUT2D eigenvalue weighted by Crippen LogP contribution is -2.39. The second kappa shape index (κ2) is 7.16. The highest BCUT2D eigenvalue weighted by Gasteiger charge is 2.35. The van der Waals surface area contributed by atoms with Gasteiger partial charge in [-0.1, -0.05) is 6.07 Å². The van der Waals surface area contributed by atoms with Crippen LogP contribution in [-0.2, 0) is 14.8 Å². The average Bonchev–Trinajstić information content (AvgIpc) is 2.48. The van der Waals surface area contributed by atoms with E-state index in [0.29, 0.717) is 6.07 Å². The molecule has 1 saturated carbocycles. The topological polar surface area (TPSA) is 92.7 Å². The van der Waals surface area contributed by atoms with Crippen molar-refractivity contribution >= 4 is 16.0 Å². The average molecular weight is 385 g/mol. The van der Waals surface area contributed by atoms with E-state index < -0.39 is 50.8 Å². The number of hydrogen-bond acceptors (Lipinski definition) is 4. The summed E-state index contributed by atoms with van der Waals surface area (Å²) in [7, 11) is -4.43. The largest absolute Gasteiger partial charge is 0.573 e. The number of carboxylic acids is 1. The summed E-state index contributed by atoms with van der Waals surface area (Å²) in [6.45, 7) is 0. The molecule has 11 heteroatoms. The predicted molar refractivity (Wildman–Crippen MR) is 76.8 cm³/mol. The SMILES string of the molecule is O=C(O)C1CCC(NS(=O)(=O)c2cccc(OC(F)(F)F)c2F)CC1. The molecule has 2 rings (SSSR count). The Morgan fingerprint density at radius 2 is 1.80 bits per heavy atom. The molecule has 0 saturated heterocycles. The quantitative estimate of drug-likeness (QED) is 0.761. The maximum atomic E-state index is 14.1. The van der Waals surface area contributed by atoms with Crippen LogP contribution < -0.4 is 9.46 Å². The van der Waals surface area contributed by atoms with Crippen molar-refractivity contribution in [2.45, 2.75) is 43.0 Å². The lowest BCUT2D eigenvalue weighted by atomic mass is 9.87. The third-order valence-electron chi connectivity index (χ3n) is 3.84. The minimum absolute atomic E-state index is 0.233. The Bertz CT molecular complexity index is 742. The van der Waals surface area contributed by atoms with E-state index in [1.165, 1.54) is 0 Å². The van der Waals surface area contributed by atoms with Crippen molar-refractivity contribution in [2.75, 3.05) is 0 Å². The minimum Gasteiger partial charge on any atom is -0.481 e. The van der Waals surface area contributed by atoms with Gasteiger partial charge in [-0.2, -0.15) is 0 Å². The van der Waals surface area contributed by atoms with Crippen LogP contribution in [0.25, 0.3) is 0 Å². The third kappa shape index (κ3) is 5.05. The fourth-order valence-corrected chi connectivity index (χ4v) is 4.04. The van der Waals surface area contributed by atoms with Crippen LogP contribution in [0.15, 0.2) is 23.1 Å². The fourth-order valence-electron chi connectivity index (χ4n) is 2.64. The van der Waals surface area contributed by atoms with Crippen LogP contribution in [0.2, 0.25) is 0 Å². The summed E-state index contributed by atoms with van der Waals surface area (Å²) in [5.41, 5.74) is 0. The molecule has 0 aromatic heterocycles. The van der Waals surface area contributed by atoms with Crippen molar-refractivity contribution in [2.24, 2.45) is 5.92 Å². The van der Waals surface area contributed by atoms with E-state index in [0.717, 1.165) is 12.1 Å². The van der Waals surface area contributed by atoms with Crippen LogP contribution in [0.3, 0.4) is 0 Å². The van der Waals surface area contributed by atoms with Crippen LogP contribution in [0.1, 0.15) is 25.7 Å². The minimum atomic E-state index is -5.16. The highest BCUT2D eigenvalue weighted by Crippen LogP contribution is 2.30.